The van der Waals surface area contributed by atoms with E-state index in [4.69, 9.17) is 4.74 Å². The lowest BCUT2D eigenvalue weighted by Gasteiger charge is -2.35. The third-order valence-corrected chi connectivity index (χ3v) is 5.82. The van der Waals surface area contributed by atoms with Crippen molar-refractivity contribution in [1.82, 2.24) is 10.0 Å². The Hall–Kier alpha value is -2.23. The average Bonchev–Trinajstić information content (AvgIpc) is 3.18. The highest BCUT2D eigenvalue weighted by molar-refractivity contribution is 5.89. The highest BCUT2D eigenvalue weighted by Gasteiger charge is 2.56. The van der Waals surface area contributed by atoms with Crippen molar-refractivity contribution in [1.29, 1.82) is 0 Å². The van der Waals surface area contributed by atoms with Gasteiger partial charge >= 0.3 is 5.97 Å². The van der Waals surface area contributed by atoms with Crippen molar-refractivity contribution in [2.45, 2.75) is 46.2 Å². The first-order valence-corrected chi connectivity index (χ1v) is 8.69. The second-order valence-corrected chi connectivity index (χ2v) is 7.33. The summed E-state index contributed by atoms with van der Waals surface area (Å²) < 4.78 is 5.33. The van der Waals surface area contributed by atoms with Gasteiger partial charge in [-0.05, 0) is 31.1 Å². The maximum atomic E-state index is 12.6. The Kier molecular flexibility index (Phi) is 3.27. The van der Waals surface area contributed by atoms with Crippen LogP contribution in [0.2, 0.25) is 0 Å². The molecule has 2 atom stereocenters. The molecule has 1 aromatic carbocycles. The molecule has 0 bridgehead atoms. The van der Waals surface area contributed by atoms with Crippen LogP contribution in [0, 0.1) is 5.41 Å². The first-order valence-electron chi connectivity index (χ1n) is 8.69. The van der Waals surface area contributed by atoms with E-state index < -0.39 is 0 Å². The minimum atomic E-state index is -0.220. The molecule has 0 N–H and O–H groups in total. The lowest BCUT2D eigenvalue weighted by atomic mass is 9.80. The third-order valence-electron chi connectivity index (χ3n) is 5.82. The smallest absolute Gasteiger partial charge is 0.356 e. The third kappa shape index (κ3) is 1.89. The van der Waals surface area contributed by atoms with Gasteiger partial charge in [0.25, 0.3) is 0 Å². The van der Waals surface area contributed by atoms with E-state index in [1.165, 1.54) is 16.8 Å². The van der Waals surface area contributed by atoms with E-state index in [1.807, 2.05) is 13.0 Å². The largest absolute Gasteiger partial charge is 0.461 e. The predicted octanol–water partition coefficient (Wildman–Crippen LogP) is 3.79. The first-order chi connectivity index (χ1) is 11.5. The number of hydrogen-bond acceptors (Lipinski definition) is 4. The molecule has 0 amide bonds. The predicted molar refractivity (Wildman–Crippen MR) is 92.5 cm³/mol. The molecule has 1 aromatic rings. The number of rotatable bonds is 3. The number of carbonyl (C=O) groups excluding carboxylic acids is 1. The lowest BCUT2D eigenvalue weighted by Crippen LogP contribution is -2.40. The van der Waals surface area contributed by atoms with Crippen LogP contribution < -0.4 is 0 Å². The summed E-state index contributed by atoms with van der Waals surface area (Å²) in [4.78, 5) is 12.6. The van der Waals surface area contributed by atoms with Crippen LogP contribution in [0.25, 0.3) is 0 Å². The molecule has 4 rings (SSSR count). The summed E-state index contributed by atoms with van der Waals surface area (Å²) in [6.07, 6.45) is 3.04. The maximum absolute atomic E-state index is 12.6. The van der Waals surface area contributed by atoms with Crippen LogP contribution in [0.5, 0.6) is 0 Å². The molecule has 0 aromatic heterocycles. The molecule has 24 heavy (non-hydrogen) atoms. The van der Waals surface area contributed by atoms with Gasteiger partial charge in [-0.25, -0.2) is 4.79 Å². The Balaban J connectivity index is 1.81. The van der Waals surface area contributed by atoms with E-state index in [-0.39, 0.29) is 23.5 Å². The first kappa shape index (κ1) is 15.3. The van der Waals surface area contributed by atoms with Gasteiger partial charge in [-0.1, -0.05) is 44.2 Å². The van der Waals surface area contributed by atoms with E-state index in [9.17, 15) is 4.79 Å². The Morgan fingerprint density at radius 3 is 2.62 bits per heavy atom. The van der Waals surface area contributed by atoms with Crippen LogP contribution in [0.1, 0.15) is 45.7 Å². The monoisotopic (exact) mass is 324 g/mol. The molecular weight excluding hydrogens is 300 g/mol. The van der Waals surface area contributed by atoms with Crippen LogP contribution in [0.4, 0.5) is 0 Å². The molecule has 3 aliphatic rings. The fourth-order valence-corrected chi connectivity index (χ4v) is 4.26. The van der Waals surface area contributed by atoms with Crippen molar-refractivity contribution >= 4 is 5.97 Å². The van der Waals surface area contributed by atoms with Crippen molar-refractivity contribution in [3.63, 3.8) is 0 Å². The highest BCUT2D eigenvalue weighted by Crippen LogP contribution is 2.57. The van der Waals surface area contributed by atoms with Crippen LogP contribution in [0.3, 0.4) is 0 Å². The average molecular weight is 324 g/mol. The zero-order chi connectivity index (χ0) is 17.1. The Morgan fingerprint density at radius 2 is 1.96 bits per heavy atom. The summed E-state index contributed by atoms with van der Waals surface area (Å²) in [6, 6.07) is 10.8. The molecule has 0 spiro atoms. The number of nitrogens with zero attached hydrogens (tertiary/aromatic N) is 2. The molecule has 1 saturated heterocycles. The Labute approximate surface area is 143 Å². The molecule has 3 heterocycles. The number of carbonyl (C=O) groups is 1. The van der Waals surface area contributed by atoms with Gasteiger partial charge in [0.2, 0.25) is 0 Å². The van der Waals surface area contributed by atoms with Crippen molar-refractivity contribution in [2.75, 3.05) is 6.61 Å². The Morgan fingerprint density at radius 1 is 1.25 bits per heavy atom. The van der Waals surface area contributed by atoms with E-state index in [2.05, 4.69) is 61.1 Å². The number of hydrazine groups is 1. The van der Waals surface area contributed by atoms with Gasteiger partial charge in [0.05, 0.1) is 18.7 Å². The van der Waals surface area contributed by atoms with Crippen LogP contribution in [-0.2, 0) is 9.53 Å². The molecule has 126 valence electrons. The van der Waals surface area contributed by atoms with Crippen molar-refractivity contribution in [3.8, 4) is 0 Å². The molecule has 0 unspecified atom stereocenters. The van der Waals surface area contributed by atoms with E-state index in [1.54, 1.807) is 0 Å². The molecule has 1 fully saturated rings. The van der Waals surface area contributed by atoms with Crippen LogP contribution in [-0.4, -0.2) is 28.6 Å². The topological polar surface area (TPSA) is 32.8 Å². The molecule has 4 heteroatoms. The second-order valence-electron chi connectivity index (χ2n) is 7.33. The number of hydrogen-bond donors (Lipinski definition) is 0. The molecular formula is C20H24N2O2. The fourth-order valence-electron chi connectivity index (χ4n) is 4.26. The lowest BCUT2D eigenvalue weighted by molar-refractivity contribution is -0.142. The van der Waals surface area contributed by atoms with Crippen molar-refractivity contribution in [2.24, 2.45) is 5.41 Å². The van der Waals surface area contributed by atoms with Gasteiger partial charge in [0, 0.05) is 17.5 Å². The van der Waals surface area contributed by atoms with E-state index in [0.717, 1.165) is 6.42 Å². The van der Waals surface area contributed by atoms with Gasteiger partial charge < -0.3 is 4.74 Å². The van der Waals surface area contributed by atoms with Gasteiger partial charge in [0.1, 0.15) is 5.70 Å². The molecule has 0 radical (unpaired) electrons. The van der Waals surface area contributed by atoms with Gasteiger partial charge in [-0.2, -0.15) is 0 Å². The second kappa shape index (κ2) is 5.13. The van der Waals surface area contributed by atoms with E-state index >= 15 is 0 Å². The zero-order valence-corrected chi connectivity index (χ0v) is 14.7. The Bertz CT molecular complexity index is 748. The molecule has 0 saturated carbocycles. The summed E-state index contributed by atoms with van der Waals surface area (Å²) in [6.45, 7) is 9.01. The van der Waals surface area contributed by atoms with Crippen LogP contribution in [0.15, 0.2) is 53.4 Å². The van der Waals surface area contributed by atoms with Gasteiger partial charge in [-0.3, -0.25) is 10.0 Å². The van der Waals surface area contributed by atoms with Crippen molar-refractivity contribution in [3.05, 3.63) is 58.9 Å². The maximum Gasteiger partial charge on any atom is 0.356 e. The van der Waals surface area contributed by atoms with Gasteiger partial charge in [0.15, 0.2) is 0 Å². The normalized spacial score (nSPS) is 26.8. The van der Waals surface area contributed by atoms with E-state index in [0.29, 0.717) is 12.3 Å². The molecule has 3 aliphatic heterocycles. The summed E-state index contributed by atoms with van der Waals surface area (Å²) >= 11 is 0. The highest BCUT2D eigenvalue weighted by atomic mass is 16.5. The number of benzene rings is 1. The summed E-state index contributed by atoms with van der Waals surface area (Å²) in [5.74, 6) is -0.220. The minimum Gasteiger partial charge on any atom is -0.461 e. The molecule has 4 nitrogen and oxygen atoms in total. The summed E-state index contributed by atoms with van der Waals surface area (Å²) in [7, 11) is 0. The zero-order valence-electron chi connectivity index (χ0n) is 14.7. The van der Waals surface area contributed by atoms with Gasteiger partial charge in [-0.15, -0.1) is 0 Å². The standard InChI is InChI=1S/C20H24N2O2/c1-5-24-19(23)17-12-18-20(3,4)13(2)15-11-16(21(17)22(15)18)14-9-7-6-8-10-14/h6-10,12,16,18H,5,11H2,1-4H3/t16-,18-/m0/s1. The quantitative estimate of drug-likeness (QED) is 0.792. The summed E-state index contributed by atoms with van der Waals surface area (Å²) in [5, 5.41) is 4.50. The SMILES string of the molecule is CCOC(=O)C1=C[C@@H]2N3C(=C(C)C2(C)C)C[C@@H](c2ccccc2)N13. The minimum absolute atomic E-state index is 0.0312. The number of ether oxygens (including phenoxy) is 1. The fraction of sp³-hybridized carbons (Fsp3) is 0.450. The number of esters is 1. The molecule has 0 aliphatic carbocycles. The summed E-state index contributed by atoms with van der Waals surface area (Å²) in [5.41, 5.74) is 4.74. The van der Waals surface area contributed by atoms with Crippen molar-refractivity contribution < 1.29 is 9.53 Å². The van der Waals surface area contributed by atoms with Crippen LogP contribution >= 0.6 is 0 Å².